The fourth-order valence-corrected chi connectivity index (χ4v) is 4.21. The maximum Gasteiger partial charge on any atom is 0.416 e. The number of halogens is 5. The summed E-state index contributed by atoms with van der Waals surface area (Å²) in [5.41, 5.74) is 0.371. The Morgan fingerprint density at radius 3 is 2.59 bits per heavy atom. The Labute approximate surface area is 175 Å². The average molecular weight is 473 g/mol. The van der Waals surface area contributed by atoms with Gasteiger partial charge in [-0.2, -0.15) is 13.2 Å². The van der Waals surface area contributed by atoms with E-state index in [1.807, 2.05) is 6.07 Å². The second-order valence-corrected chi connectivity index (χ2v) is 8.23. The normalized spacial score (nSPS) is 19.8. The van der Waals surface area contributed by atoms with Crippen LogP contribution in [0.15, 0.2) is 40.9 Å². The third-order valence-corrected chi connectivity index (χ3v) is 5.82. The first-order valence-corrected chi connectivity index (χ1v) is 9.99. The van der Waals surface area contributed by atoms with Crippen LogP contribution >= 0.6 is 15.9 Å². The van der Waals surface area contributed by atoms with Gasteiger partial charge in [-0.05, 0) is 55.3 Å². The summed E-state index contributed by atoms with van der Waals surface area (Å²) in [5, 5.41) is 3.25. The molecule has 0 aliphatic carbocycles. The van der Waals surface area contributed by atoms with Crippen LogP contribution in [0.4, 0.5) is 17.6 Å². The number of aryl methyl sites for hydroxylation is 1. The largest absolute Gasteiger partial charge is 0.416 e. The van der Waals surface area contributed by atoms with Crippen LogP contribution in [0.1, 0.15) is 39.4 Å². The molecule has 0 spiro atoms. The third kappa shape index (κ3) is 4.80. The van der Waals surface area contributed by atoms with Gasteiger partial charge in [-0.15, -0.1) is 0 Å². The predicted molar refractivity (Wildman–Crippen MR) is 106 cm³/mol. The lowest BCUT2D eigenvalue weighted by atomic mass is 9.85. The molecule has 2 aromatic carbocycles. The minimum Gasteiger partial charge on any atom is -0.338 e. The van der Waals surface area contributed by atoms with Gasteiger partial charge in [0.25, 0.3) is 5.91 Å². The smallest absolute Gasteiger partial charge is 0.338 e. The Bertz CT molecular complexity index is 916. The van der Waals surface area contributed by atoms with Gasteiger partial charge in [-0.25, -0.2) is 4.39 Å². The van der Waals surface area contributed by atoms with E-state index in [4.69, 9.17) is 0 Å². The molecule has 1 heterocycles. The summed E-state index contributed by atoms with van der Waals surface area (Å²) < 4.78 is 53.7. The lowest BCUT2D eigenvalue weighted by Gasteiger charge is -2.39. The van der Waals surface area contributed by atoms with Crippen LogP contribution in [-0.4, -0.2) is 37.0 Å². The van der Waals surface area contributed by atoms with Crippen LogP contribution in [0.5, 0.6) is 0 Å². The van der Waals surface area contributed by atoms with E-state index in [0.29, 0.717) is 25.1 Å². The molecular formula is C21H21BrF4N2O. The summed E-state index contributed by atoms with van der Waals surface area (Å²) in [7, 11) is 1.59. The van der Waals surface area contributed by atoms with Crippen LogP contribution in [0.3, 0.4) is 0 Å². The van der Waals surface area contributed by atoms with Gasteiger partial charge in [0.2, 0.25) is 0 Å². The highest BCUT2D eigenvalue weighted by Crippen LogP contribution is 2.33. The zero-order chi connectivity index (χ0) is 21.3. The first-order chi connectivity index (χ1) is 13.6. The van der Waals surface area contributed by atoms with Crippen LogP contribution in [-0.2, 0) is 6.18 Å². The lowest BCUT2D eigenvalue weighted by molar-refractivity contribution is -0.137. The SMILES string of the molecule is Cc1ccc(C2CNCCC2N(C)C(=O)c2cc(Br)cc(C(F)(F)F)c2)cc1F. The van der Waals surface area contributed by atoms with Gasteiger partial charge < -0.3 is 10.2 Å². The molecule has 1 saturated heterocycles. The second kappa shape index (κ2) is 8.44. The van der Waals surface area contributed by atoms with Crippen LogP contribution in [0, 0.1) is 12.7 Å². The van der Waals surface area contributed by atoms with Crippen molar-refractivity contribution in [2.24, 2.45) is 0 Å². The summed E-state index contributed by atoms with van der Waals surface area (Å²) in [5.74, 6) is -0.981. The van der Waals surface area contributed by atoms with E-state index in [1.54, 1.807) is 20.0 Å². The summed E-state index contributed by atoms with van der Waals surface area (Å²) in [6.07, 6.45) is -3.93. The van der Waals surface area contributed by atoms with Crippen molar-refractivity contribution in [2.75, 3.05) is 20.1 Å². The number of piperidine rings is 1. The monoisotopic (exact) mass is 472 g/mol. The molecule has 2 atom stereocenters. The maximum atomic E-state index is 14.1. The zero-order valence-electron chi connectivity index (χ0n) is 16.0. The fourth-order valence-electron chi connectivity index (χ4n) is 3.72. The second-order valence-electron chi connectivity index (χ2n) is 7.32. The van der Waals surface area contributed by atoms with E-state index in [9.17, 15) is 22.4 Å². The van der Waals surface area contributed by atoms with E-state index in [-0.39, 0.29) is 27.8 Å². The average Bonchev–Trinajstić information content (AvgIpc) is 2.68. The molecule has 1 aliphatic rings. The number of hydrogen-bond acceptors (Lipinski definition) is 2. The molecule has 2 aromatic rings. The van der Waals surface area contributed by atoms with Crippen molar-refractivity contribution < 1.29 is 22.4 Å². The van der Waals surface area contributed by atoms with Crippen molar-refractivity contribution in [3.63, 3.8) is 0 Å². The molecule has 1 amide bonds. The van der Waals surface area contributed by atoms with Gasteiger partial charge in [-0.1, -0.05) is 28.1 Å². The molecule has 2 unspecified atom stereocenters. The minimum absolute atomic E-state index is 0.0402. The molecule has 1 fully saturated rings. The standard InChI is InChI=1S/C21H21BrF4N2O/c1-12-3-4-13(9-18(12)23)17-11-27-6-5-19(17)28(2)20(29)14-7-15(21(24,25)26)10-16(22)8-14/h3-4,7-10,17,19,27H,5-6,11H2,1-2H3. The van der Waals surface area contributed by atoms with Gasteiger partial charge in [0, 0.05) is 35.6 Å². The zero-order valence-corrected chi connectivity index (χ0v) is 17.6. The van der Waals surface area contributed by atoms with E-state index < -0.39 is 17.6 Å². The number of rotatable bonds is 3. The molecule has 8 heteroatoms. The number of carbonyl (C=O) groups excluding carboxylic acids is 1. The van der Waals surface area contributed by atoms with Gasteiger partial charge >= 0.3 is 6.18 Å². The Hall–Kier alpha value is -1.93. The van der Waals surface area contributed by atoms with Gasteiger partial charge in [0.05, 0.1) is 5.56 Å². The predicted octanol–water partition coefficient (Wildman–Crippen LogP) is 5.13. The van der Waals surface area contributed by atoms with Crippen molar-refractivity contribution in [3.8, 4) is 0 Å². The van der Waals surface area contributed by atoms with Crippen molar-refractivity contribution in [2.45, 2.75) is 31.5 Å². The number of nitrogens with one attached hydrogen (secondary N) is 1. The van der Waals surface area contributed by atoms with E-state index in [1.165, 1.54) is 17.0 Å². The molecule has 0 saturated carbocycles. The molecule has 1 N–H and O–H groups in total. The van der Waals surface area contributed by atoms with Gasteiger partial charge in [0.1, 0.15) is 5.82 Å². The molecule has 0 radical (unpaired) electrons. The molecule has 0 bridgehead atoms. The van der Waals surface area contributed by atoms with E-state index >= 15 is 0 Å². The topological polar surface area (TPSA) is 32.3 Å². The number of benzene rings is 2. The Balaban J connectivity index is 1.91. The van der Waals surface area contributed by atoms with Crippen molar-refractivity contribution in [3.05, 3.63) is 68.9 Å². The molecule has 3 rings (SSSR count). The van der Waals surface area contributed by atoms with Gasteiger partial charge in [0.15, 0.2) is 0 Å². The molecule has 3 nitrogen and oxygen atoms in total. The third-order valence-electron chi connectivity index (χ3n) is 5.36. The highest BCUT2D eigenvalue weighted by atomic mass is 79.9. The molecular weight excluding hydrogens is 452 g/mol. The molecule has 0 aromatic heterocycles. The highest BCUT2D eigenvalue weighted by molar-refractivity contribution is 9.10. The summed E-state index contributed by atoms with van der Waals surface area (Å²) in [4.78, 5) is 14.5. The van der Waals surface area contributed by atoms with E-state index in [0.717, 1.165) is 17.7 Å². The van der Waals surface area contributed by atoms with Crippen LogP contribution in [0.25, 0.3) is 0 Å². The summed E-state index contributed by atoms with van der Waals surface area (Å²) in [6.45, 7) is 2.90. The number of carbonyl (C=O) groups is 1. The summed E-state index contributed by atoms with van der Waals surface area (Å²) >= 11 is 3.06. The minimum atomic E-state index is -4.55. The van der Waals surface area contributed by atoms with Crippen molar-refractivity contribution >= 4 is 21.8 Å². The molecule has 29 heavy (non-hydrogen) atoms. The van der Waals surface area contributed by atoms with Crippen molar-refractivity contribution in [1.29, 1.82) is 0 Å². The first kappa shape index (κ1) is 21.8. The van der Waals surface area contributed by atoms with Gasteiger partial charge in [-0.3, -0.25) is 4.79 Å². The van der Waals surface area contributed by atoms with E-state index in [2.05, 4.69) is 21.2 Å². The number of likely N-dealkylation sites (N-methyl/N-ethyl adjacent to an activating group) is 1. The van der Waals surface area contributed by atoms with Crippen molar-refractivity contribution in [1.82, 2.24) is 10.2 Å². The van der Waals surface area contributed by atoms with Crippen LogP contribution in [0.2, 0.25) is 0 Å². The molecule has 1 aliphatic heterocycles. The highest BCUT2D eigenvalue weighted by Gasteiger charge is 2.35. The fraction of sp³-hybridized carbons (Fsp3) is 0.381. The summed E-state index contributed by atoms with van der Waals surface area (Å²) in [6, 6.07) is 7.93. The number of nitrogens with zero attached hydrogens (tertiary/aromatic N) is 1. The lowest BCUT2D eigenvalue weighted by Crippen LogP contribution is -2.49. The number of amides is 1. The number of alkyl halides is 3. The molecule has 156 valence electrons. The quantitative estimate of drug-likeness (QED) is 0.627. The Morgan fingerprint density at radius 1 is 1.21 bits per heavy atom. The number of hydrogen-bond donors (Lipinski definition) is 1. The first-order valence-electron chi connectivity index (χ1n) is 9.19. The Kier molecular flexibility index (Phi) is 6.33. The van der Waals surface area contributed by atoms with Crippen LogP contribution < -0.4 is 5.32 Å². The maximum absolute atomic E-state index is 14.1. The Morgan fingerprint density at radius 2 is 1.93 bits per heavy atom.